The molecule has 4 nitrogen and oxygen atoms in total. The van der Waals surface area contributed by atoms with Crippen LogP contribution < -0.4 is 5.32 Å². The monoisotopic (exact) mass is 420 g/mol. The van der Waals surface area contributed by atoms with E-state index in [4.69, 9.17) is 23.8 Å². The highest BCUT2D eigenvalue weighted by Gasteiger charge is 2.32. The van der Waals surface area contributed by atoms with E-state index in [0.717, 1.165) is 5.56 Å². The first-order valence-electron chi connectivity index (χ1n) is 7.99. The zero-order valence-corrected chi connectivity index (χ0v) is 16.3. The number of hydrogen-bond acceptors (Lipinski definition) is 4. The molecule has 8 heteroatoms. The van der Waals surface area contributed by atoms with Gasteiger partial charge in [-0.1, -0.05) is 65.9 Å². The maximum Gasteiger partial charge on any atom is 0.266 e. The molecule has 0 aromatic heterocycles. The second-order valence-electron chi connectivity index (χ2n) is 5.67. The molecule has 138 valence electrons. The van der Waals surface area contributed by atoms with Gasteiger partial charge in [-0.05, 0) is 29.8 Å². The van der Waals surface area contributed by atoms with Crippen LogP contribution in [0.2, 0.25) is 5.02 Å². The Morgan fingerprint density at radius 2 is 2.00 bits per heavy atom. The summed E-state index contributed by atoms with van der Waals surface area (Å²) in [4.78, 5) is 26.6. The second kappa shape index (κ2) is 8.65. The molecule has 0 atom stereocenters. The van der Waals surface area contributed by atoms with Crippen LogP contribution in [0, 0.1) is 5.82 Å². The van der Waals surface area contributed by atoms with Crippen LogP contribution in [-0.2, 0) is 9.59 Å². The van der Waals surface area contributed by atoms with Crippen molar-refractivity contribution in [2.24, 2.45) is 0 Å². The Morgan fingerprint density at radius 3 is 2.70 bits per heavy atom. The van der Waals surface area contributed by atoms with Gasteiger partial charge >= 0.3 is 0 Å². The summed E-state index contributed by atoms with van der Waals surface area (Å²) in [5, 5.41) is 2.55. The third kappa shape index (κ3) is 4.94. The fourth-order valence-electron chi connectivity index (χ4n) is 2.40. The third-order valence-electron chi connectivity index (χ3n) is 3.74. The van der Waals surface area contributed by atoms with Gasteiger partial charge in [0.15, 0.2) is 0 Å². The average Bonchev–Trinajstić information content (AvgIpc) is 2.90. The topological polar surface area (TPSA) is 49.4 Å². The molecule has 1 aliphatic heterocycles. The van der Waals surface area contributed by atoms with Crippen molar-refractivity contribution < 1.29 is 14.0 Å². The Balaban J connectivity index is 1.59. The van der Waals surface area contributed by atoms with Gasteiger partial charge in [-0.3, -0.25) is 14.5 Å². The molecule has 0 saturated carbocycles. The Bertz CT molecular complexity index is 935. The molecular formula is C19H14ClFN2O2S2. The first kappa shape index (κ1) is 19.5. The minimum absolute atomic E-state index is 0.0556. The fraction of sp³-hybridized carbons (Fsp3) is 0.105. The minimum atomic E-state index is -0.558. The highest BCUT2D eigenvalue weighted by atomic mass is 35.5. The Kier molecular flexibility index (Phi) is 6.26. The van der Waals surface area contributed by atoms with Gasteiger partial charge in [0, 0.05) is 18.7 Å². The summed E-state index contributed by atoms with van der Waals surface area (Å²) in [5.74, 6) is -1.09. The molecule has 2 aromatic rings. The zero-order valence-electron chi connectivity index (χ0n) is 13.9. The molecule has 3 rings (SSSR count). The molecule has 1 N–H and O–H groups in total. The predicted molar refractivity (Wildman–Crippen MR) is 111 cm³/mol. The highest BCUT2D eigenvalue weighted by Crippen LogP contribution is 2.32. The lowest BCUT2D eigenvalue weighted by Crippen LogP contribution is -2.31. The van der Waals surface area contributed by atoms with E-state index in [2.05, 4.69) is 5.32 Å². The maximum absolute atomic E-state index is 13.2. The number of rotatable bonds is 5. The van der Waals surface area contributed by atoms with Crippen LogP contribution in [0.1, 0.15) is 12.0 Å². The minimum Gasteiger partial charge on any atom is -0.326 e. The van der Waals surface area contributed by atoms with Gasteiger partial charge in [0.1, 0.15) is 10.1 Å². The van der Waals surface area contributed by atoms with Gasteiger partial charge in [-0.2, -0.15) is 0 Å². The summed E-state index contributed by atoms with van der Waals surface area (Å²) in [6, 6.07) is 13.4. The zero-order chi connectivity index (χ0) is 19.4. The van der Waals surface area contributed by atoms with E-state index in [9.17, 15) is 14.0 Å². The molecule has 1 fully saturated rings. The summed E-state index contributed by atoms with van der Waals surface area (Å²) in [6.45, 7) is 0.164. The maximum atomic E-state index is 13.2. The molecule has 0 bridgehead atoms. The molecule has 1 heterocycles. The second-order valence-corrected chi connectivity index (χ2v) is 7.75. The molecule has 2 amide bonds. The molecule has 1 aliphatic rings. The lowest BCUT2D eigenvalue weighted by molar-refractivity contribution is -0.122. The number of halogens is 2. The van der Waals surface area contributed by atoms with E-state index in [0.29, 0.717) is 14.9 Å². The van der Waals surface area contributed by atoms with Crippen LogP contribution >= 0.6 is 35.6 Å². The number of anilines is 1. The van der Waals surface area contributed by atoms with Gasteiger partial charge < -0.3 is 5.32 Å². The van der Waals surface area contributed by atoms with Crippen LogP contribution in [0.5, 0.6) is 0 Å². The lowest BCUT2D eigenvalue weighted by atomic mass is 10.2. The standard InChI is InChI=1S/C19H14ClFN2O2S2/c20-14-11-13(6-7-15(14)21)22-17(24)8-9-23-18(25)16(27-19(23)26)10-12-4-2-1-3-5-12/h1-7,10-11H,8-9H2,(H,22,24). The summed E-state index contributed by atoms with van der Waals surface area (Å²) in [7, 11) is 0. The summed E-state index contributed by atoms with van der Waals surface area (Å²) >= 11 is 12.2. The van der Waals surface area contributed by atoms with Crippen LogP contribution in [0.15, 0.2) is 53.4 Å². The quantitative estimate of drug-likeness (QED) is 0.562. The number of carbonyl (C=O) groups is 2. The average molecular weight is 421 g/mol. The van der Waals surface area contributed by atoms with Gasteiger partial charge in [0.2, 0.25) is 5.91 Å². The summed E-state index contributed by atoms with van der Waals surface area (Å²) in [6.07, 6.45) is 1.83. The normalized spacial score (nSPS) is 15.5. The van der Waals surface area contributed by atoms with Crippen molar-refractivity contribution in [3.8, 4) is 0 Å². The highest BCUT2D eigenvalue weighted by molar-refractivity contribution is 8.26. The Morgan fingerprint density at radius 1 is 1.26 bits per heavy atom. The number of hydrogen-bond donors (Lipinski definition) is 1. The van der Waals surface area contributed by atoms with Crippen LogP contribution in [0.3, 0.4) is 0 Å². The first-order valence-corrected chi connectivity index (χ1v) is 9.59. The van der Waals surface area contributed by atoms with E-state index >= 15 is 0 Å². The number of nitrogens with one attached hydrogen (secondary N) is 1. The molecule has 2 aromatic carbocycles. The van der Waals surface area contributed by atoms with Crippen LogP contribution in [-0.4, -0.2) is 27.6 Å². The van der Waals surface area contributed by atoms with Gasteiger partial charge in [0.05, 0.1) is 9.93 Å². The van der Waals surface area contributed by atoms with E-state index in [-0.39, 0.29) is 29.8 Å². The van der Waals surface area contributed by atoms with Crippen molar-refractivity contribution in [3.05, 3.63) is 69.8 Å². The van der Waals surface area contributed by atoms with Gasteiger partial charge in [-0.15, -0.1) is 0 Å². The molecular weight excluding hydrogens is 407 g/mol. The van der Waals surface area contributed by atoms with Crippen molar-refractivity contribution in [1.82, 2.24) is 4.90 Å². The van der Waals surface area contributed by atoms with Crippen LogP contribution in [0.25, 0.3) is 6.08 Å². The van der Waals surface area contributed by atoms with Gasteiger partial charge in [-0.25, -0.2) is 4.39 Å². The fourth-order valence-corrected chi connectivity index (χ4v) is 3.89. The van der Waals surface area contributed by atoms with E-state index in [1.54, 1.807) is 6.08 Å². The molecule has 0 aliphatic carbocycles. The predicted octanol–water partition coefficient (Wildman–Crippen LogP) is 4.71. The summed E-state index contributed by atoms with van der Waals surface area (Å²) in [5.41, 5.74) is 1.30. The number of carbonyl (C=O) groups excluding carboxylic acids is 2. The summed E-state index contributed by atoms with van der Waals surface area (Å²) < 4.78 is 13.6. The number of nitrogens with zero attached hydrogens (tertiary/aromatic N) is 1. The Labute approximate surface area is 170 Å². The smallest absolute Gasteiger partial charge is 0.266 e. The van der Waals surface area contributed by atoms with Crippen molar-refractivity contribution in [3.63, 3.8) is 0 Å². The largest absolute Gasteiger partial charge is 0.326 e. The number of benzene rings is 2. The van der Waals surface area contributed by atoms with E-state index in [1.807, 2.05) is 30.3 Å². The van der Waals surface area contributed by atoms with Crippen molar-refractivity contribution in [2.75, 3.05) is 11.9 Å². The number of amides is 2. The lowest BCUT2D eigenvalue weighted by Gasteiger charge is -2.14. The first-order chi connectivity index (χ1) is 12.9. The molecule has 0 radical (unpaired) electrons. The van der Waals surface area contributed by atoms with E-state index in [1.165, 1.54) is 34.9 Å². The van der Waals surface area contributed by atoms with Crippen LogP contribution in [0.4, 0.5) is 10.1 Å². The molecule has 27 heavy (non-hydrogen) atoms. The number of thioether (sulfide) groups is 1. The molecule has 0 unspecified atom stereocenters. The van der Waals surface area contributed by atoms with Gasteiger partial charge in [0.25, 0.3) is 5.91 Å². The third-order valence-corrected chi connectivity index (χ3v) is 5.40. The van der Waals surface area contributed by atoms with Crippen molar-refractivity contribution in [1.29, 1.82) is 0 Å². The molecule has 0 spiro atoms. The van der Waals surface area contributed by atoms with E-state index < -0.39 is 5.82 Å². The van der Waals surface area contributed by atoms with Crippen molar-refractivity contribution >= 4 is 63.5 Å². The SMILES string of the molecule is O=C(CCN1C(=O)C(=Cc2ccccc2)SC1=S)Nc1ccc(F)c(Cl)c1. The Hall–Kier alpha value is -2.22. The number of thiocarbonyl (C=S) groups is 1. The van der Waals surface area contributed by atoms with Crippen molar-refractivity contribution in [2.45, 2.75) is 6.42 Å². The molecule has 1 saturated heterocycles.